The highest BCUT2D eigenvalue weighted by atomic mass is 16.3. The van der Waals surface area contributed by atoms with E-state index in [1.165, 1.54) is 44.9 Å². The molecule has 1 aliphatic carbocycles. The van der Waals surface area contributed by atoms with Crippen molar-refractivity contribution in [2.75, 3.05) is 0 Å². The van der Waals surface area contributed by atoms with Crippen LogP contribution in [-0.4, -0.2) is 11.2 Å². The molecule has 0 heterocycles. The highest BCUT2D eigenvalue weighted by Crippen LogP contribution is 2.23. The minimum Gasteiger partial charge on any atom is -0.393 e. The van der Waals surface area contributed by atoms with Gasteiger partial charge in [0.2, 0.25) is 0 Å². The van der Waals surface area contributed by atoms with E-state index in [0.29, 0.717) is 0 Å². The summed E-state index contributed by atoms with van der Waals surface area (Å²) < 4.78 is 0. The number of allylic oxidation sites excluding steroid dienone is 2. The zero-order valence-corrected chi connectivity index (χ0v) is 8.76. The Labute approximate surface area is 81.9 Å². The van der Waals surface area contributed by atoms with Gasteiger partial charge in [0.15, 0.2) is 0 Å². The van der Waals surface area contributed by atoms with Crippen LogP contribution in [0.4, 0.5) is 0 Å². The normalized spacial score (nSPS) is 17.8. The van der Waals surface area contributed by atoms with Crippen LogP contribution in [0.2, 0.25) is 0 Å². The molecular formula is C12H22O. The Morgan fingerprint density at radius 1 is 1.31 bits per heavy atom. The first kappa shape index (κ1) is 10.8. The van der Waals surface area contributed by atoms with Crippen molar-refractivity contribution in [2.24, 2.45) is 0 Å². The molecule has 76 valence electrons. The van der Waals surface area contributed by atoms with E-state index >= 15 is 0 Å². The summed E-state index contributed by atoms with van der Waals surface area (Å²) in [6, 6.07) is 0. The van der Waals surface area contributed by atoms with Crippen LogP contribution < -0.4 is 0 Å². The Kier molecular flexibility index (Phi) is 5.14. The molecule has 0 aromatic carbocycles. The minimum atomic E-state index is -0.102. The molecule has 0 bridgehead atoms. The lowest BCUT2D eigenvalue weighted by atomic mass is 9.93. The van der Waals surface area contributed by atoms with Crippen molar-refractivity contribution < 1.29 is 5.11 Å². The van der Waals surface area contributed by atoms with Gasteiger partial charge in [0.25, 0.3) is 0 Å². The predicted molar refractivity (Wildman–Crippen MR) is 56.7 cm³/mol. The van der Waals surface area contributed by atoms with Crippen molar-refractivity contribution in [2.45, 2.75) is 64.4 Å². The number of hydrogen-bond donors (Lipinski definition) is 1. The molecule has 13 heavy (non-hydrogen) atoms. The van der Waals surface area contributed by atoms with Gasteiger partial charge < -0.3 is 5.11 Å². The first-order chi connectivity index (χ1) is 6.29. The summed E-state index contributed by atoms with van der Waals surface area (Å²) in [6.45, 7) is 1.87. The summed E-state index contributed by atoms with van der Waals surface area (Å²) in [4.78, 5) is 0. The lowest BCUT2D eigenvalue weighted by Gasteiger charge is -2.13. The summed E-state index contributed by atoms with van der Waals surface area (Å²) in [5.41, 5.74) is 1.68. The molecule has 1 atom stereocenters. The van der Waals surface area contributed by atoms with Crippen molar-refractivity contribution in [3.05, 3.63) is 11.6 Å². The van der Waals surface area contributed by atoms with E-state index in [-0.39, 0.29) is 6.10 Å². The van der Waals surface area contributed by atoms with Gasteiger partial charge in [-0.25, -0.2) is 0 Å². The summed E-state index contributed by atoms with van der Waals surface area (Å²) in [5, 5.41) is 9.04. The van der Waals surface area contributed by atoms with Gasteiger partial charge >= 0.3 is 0 Å². The Bertz CT molecular complexity index is 159. The largest absolute Gasteiger partial charge is 0.393 e. The molecule has 1 heteroatoms. The molecule has 0 amide bonds. The Morgan fingerprint density at radius 2 is 2.00 bits per heavy atom. The third kappa shape index (κ3) is 5.09. The number of hydrogen-bond acceptors (Lipinski definition) is 1. The van der Waals surface area contributed by atoms with E-state index in [4.69, 9.17) is 5.11 Å². The summed E-state index contributed by atoms with van der Waals surface area (Å²) >= 11 is 0. The molecule has 0 saturated heterocycles. The second-order valence-corrected chi connectivity index (χ2v) is 4.20. The lowest BCUT2D eigenvalue weighted by Crippen LogP contribution is -1.98. The molecule has 1 unspecified atom stereocenters. The highest BCUT2D eigenvalue weighted by molar-refractivity contribution is 5.11. The number of unbranched alkanes of at least 4 members (excludes halogenated alkanes) is 3. The number of rotatable bonds is 7. The van der Waals surface area contributed by atoms with Gasteiger partial charge in [-0.3, -0.25) is 0 Å². The van der Waals surface area contributed by atoms with E-state index in [2.05, 4.69) is 6.08 Å². The summed E-state index contributed by atoms with van der Waals surface area (Å²) in [7, 11) is 0. The van der Waals surface area contributed by atoms with Gasteiger partial charge in [-0.15, -0.1) is 0 Å². The zero-order chi connectivity index (χ0) is 9.52. The van der Waals surface area contributed by atoms with Crippen molar-refractivity contribution in [1.29, 1.82) is 0 Å². The molecule has 1 N–H and O–H groups in total. The van der Waals surface area contributed by atoms with E-state index in [9.17, 15) is 0 Å². The van der Waals surface area contributed by atoms with Gasteiger partial charge in [-0.2, -0.15) is 0 Å². The van der Waals surface area contributed by atoms with Crippen molar-refractivity contribution in [1.82, 2.24) is 0 Å². The molecule has 0 saturated carbocycles. The van der Waals surface area contributed by atoms with Crippen LogP contribution in [0.3, 0.4) is 0 Å². The molecule has 1 aliphatic rings. The first-order valence-corrected chi connectivity index (χ1v) is 5.65. The van der Waals surface area contributed by atoms with Crippen LogP contribution >= 0.6 is 0 Å². The van der Waals surface area contributed by atoms with Crippen LogP contribution in [0.1, 0.15) is 58.3 Å². The quantitative estimate of drug-likeness (QED) is 0.472. The van der Waals surface area contributed by atoms with Crippen molar-refractivity contribution >= 4 is 0 Å². The minimum absolute atomic E-state index is 0.102. The maximum atomic E-state index is 9.04. The fourth-order valence-corrected chi connectivity index (χ4v) is 1.72. The average molecular weight is 182 g/mol. The fourth-order valence-electron chi connectivity index (χ4n) is 1.72. The third-order valence-corrected chi connectivity index (χ3v) is 2.77. The number of aliphatic hydroxyl groups excluding tert-OH is 1. The smallest absolute Gasteiger partial charge is 0.0512 e. The standard InChI is InChI=1S/C12H22O/c1-11(13)7-4-2-3-5-8-12-9-6-10-12/h9,11,13H,2-8,10H2,1H3. The van der Waals surface area contributed by atoms with Gasteiger partial charge in [-0.1, -0.05) is 30.9 Å². The van der Waals surface area contributed by atoms with Gasteiger partial charge in [0.05, 0.1) is 6.10 Å². The van der Waals surface area contributed by atoms with E-state index in [1.54, 1.807) is 5.57 Å². The van der Waals surface area contributed by atoms with Crippen molar-refractivity contribution in [3.63, 3.8) is 0 Å². The third-order valence-electron chi connectivity index (χ3n) is 2.77. The number of aliphatic hydroxyl groups is 1. The van der Waals surface area contributed by atoms with Crippen LogP contribution in [0.15, 0.2) is 11.6 Å². The average Bonchev–Trinajstić information content (AvgIpc) is 1.99. The maximum absolute atomic E-state index is 9.04. The SMILES string of the molecule is CC(O)CCCCCCC1=CCC1. The molecule has 0 radical (unpaired) electrons. The predicted octanol–water partition coefficient (Wildman–Crippen LogP) is 3.43. The molecule has 0 aromatic rings. The second kappa shape index (κ2) is 6.20. The molecular weight excluding hydrogens is 160 g/mol. The summed E-state index contributed by atoms with van der Waals surface area (Å²) in [6.07, 6.45) is 12.4. The molecule has 1 rings (SSSR count). The first-order valence-electron chi connectivity index (χ1n) is 5.65. The second-order valence-electron chi connectivity index (χ2n) is 4.20. The van der Waals surface area contributed by atoms with Crippen LogP contribution in [0.25, 0.3) is 0 Å². The summed E-state index contributed by atoms with van der Waals surface area (Å²) in [5.74, 6) is 0. The fraction of sp³-hybridized carbons (Fsp3) is 0.833. The Hall–Kier alpha value is -0.300. The van der Waals surface area contributed by atoms with E-state index < -0.39 is 0 Å². The lowest BCUT2D eigenvalue weighted by molar-refractivity contribution is 0.180. The zero-order valence-electron chi connectivity index (χ0n) is 8.76. The topological polar surface area (TPSA) is 20.2 Å². The van der Waals surface area contributed by atoms with E-state index in [1.807, 2.05) is 6.92 Å². The molecule has 0 aliphatic heterocycles. The Balaban J connectivity index is 1.78. The van der Waals surface area contributed by atoms with Gasteiger partial charge in [0, 0.05) is 0 Å². The van der Waals surface area contributed by atoms with E-state index in [0.717, 1.165) is 6.42 Å². The maximum Gasteiger partial charge on any atom is 0.0512 e. The molecule has 0 aromatic heterocycles. The molecule has 0 spiro atoms. The highest BCUT2D eigenvalue weighted by Gasteiger charge is 2.04. The van der Waals surface area contributed by atoms with Crippen LogP contribution in [0, 0.1) is 0 Å². The molecule has 0 fully saturated rings. The monoisotopic (exact) mass is 182 g/mol. The van der Waals surface area contributed by atoms with Crippen LogP contribution in [-0.2, 0) is 0 Å². The van der Waals surface area contributed by atoms with Gasteiger partial charge in [-0.05, 0) is 39.0 Å². The van der Waals surface area contributed by atoms with Gasteiger partial charge in [0.1, 0.15) is 0 Å². The Morgan fingerprint density at radius 3 is 2.54 bits per heavy atom. The van der Waals surface area contributed by atoms with Crippen LogP contribution in [0.5, 0.6) is 0 Å². The molecule has 1 nitrogen and oxygen atoms in total. The van der Waals surface area contributed by atoms with Crippen molar-refractivity contribution in [3.8, 4) is 0 Å².